The van der Waals surface area contributed by atoms with Crippen LogP contribution in [0.1, 0.15) is 54.7 Å². The largest absolute Gasteiger partial charge is 0.464 e. The molecule has 21 heavy (non-hydrogen) atoms. The molecule has 0 spiro atoms. The summed E-state index contributed by atoms with van der Waals surface area (Å²) in [5, 5.41) is 3.44. The van der Waals surface area contributed by atoms with Crippen molar-refractivity contribution in [2.75, 3.05) is 6.54 Å². The van der Waals surface area contributed by atoms with Crippen molar-refractivity contribution in [2.24, 2.45) is 0 Å². The molecule has 0 saturated heterocycles. The first-order valence-electron chi connectivity index (χ1n) is 8.09. The molecule has 0 amide bonds. The summed E-state index contributed by atoms with van der Waals surface area (Å²) in [5.74, 6) is 2.06. The van der Waals surface area contributed by atoms with Crippen LogP contribution in [0.4, 0.5) is 0 Å². The average Bonchev–Trinajstić information content (AvgIpc) is 3.05. The minimum Gasteiger partial charge on any atom is -0.464 e. The predicted molar refractivity (Wildman–Crippen MR) is 83.4 cm³/mol. The molecule has 0 bridgehead atoms. The molecule has 0 aromatic carbocycles. The molecule has 2 aromatic heterocycles. The highest BCUT2D eigenvalue weighted by molar-refractivity contribution is 5.22. The maximum atomic E-state index is 5.92. The van der Waals surface area contributed by atoms with Gasteiger partial charge in [0.05, 0.1) is 18.6 Å². The van der Waals surface area contributed by atoms with Gasteiger partial charge in [-0.05, 0) is 51.6 Å². The summed E-state index contributed by atoms with van der Waals surface area (Å²) in [6, 6.07) is 2.19. The molecule has 0 atom stereocenters. The molecule has 1 aliphatic rings. The third-order valence-electron chi connectivity index (χ3n) is 4.25. The first kappa shape index (κ1) is 14.4. The van der Waals surface area contributed by atoms with E-state index in [1.807, 2.05) is 6.33 Å². The number of furan rings is 1. The molecular formula is C17H25N3O. The Morgan fingerprint density at radius 2 is 2.19 bits per heavy atom. The molecule has 1 N–H and O–H groups in total. The van der Waals surface area contributed by atoms with E-state index in [0.29, 0.717) is 0 Å². The third-order valence-corrected chi connectivity index (χ3v) is 4.25. The normalized spacial score (nSPS) is 14.4. The smallest absolute Gasteiger partial charge is 0.124 e. The molecule has 4 heteroatoms. The van der Waals surface area contributed by atoms with Gasteiger partial charge in [0.15, 0.2) is 0 Å². The van der Waals surface area contributed by atoms with Crippen molar-refractivity contribution in [3.8, 4) is 0 Å². The van der Waals surface area contributed by atoms with Gasteiger partial charge in [0, 0.05) is 17.8 Å². The van der Waals surface area contributed by atoms with E-state index in [0.717, 1.165) is 50.4 Å². The SMILES string of the molecule is CCCNCc1cc(Cn2cnc3c2CCCC3)oc1C. The van der Waals surface area contributed by atoms with Crippen LogP contribution in [-0.4, -0.2) is 16.1 Å². The lowest BCUT2D eigenvalue weighted by atomic mass is 10.0. The number of aromatic nitrogens is 2. The van der Waals surface area contributed by atoms with Gasteiger partial charge in [-0.1, -0.05) is 6.92 Å². The fourth-order valence-electron chi connectivity index (χ4n) is 3.08. The highest BCUT2D eigenvalue weighted by Gasteiger charge is 2.16. The van der Waals surface area contributed by atoms with Gasteiger partial charge < -0.3 is 14.3 Å². The summed E-state index contributed by atoms with van der Waals surface area (Å²) in [6.07, 6.45) is 7.97. The van der Waals surface area contributed by atoms with Crippen LogP contribution >= 0.6 is 0 Å². The number of fused-ring (bicyclic) bond motifs is 1. The topological polar surface area (TPSA) is 43.0 Å². The van der Waals surface area contributed by atoms with Gasteiger partial charge in [0.25, 0.3) is 0 Å². The third kappa shape index (κ3) is 3.21. The molecule has 0 radical (unpaired) electrons. The van der Waals surface area contributed by atoms with Crippen molar-refractivity contribution in [3.05, 3.63) is 40.9 Å². The minimum absolute atomic E-state index is 0.803. The first-order valence-corrected chi connectivity index (χ1v) is 8.09. The lowest BCUT2D eigenvalue weighted by Gasteiger charge is -2.13. The molecule has 0 unspecified atom stereocenters. The summed E-state index contributed by atoms with van der Waals surface area (Å²) in [4.78, 5) is 4.55. The second kappa shape index (κ2) is 6.48. The maximum Gasteiger partial charge on any atom is 0.124 e. The van der Waals surface area contributed by atoms with Gasteiger partial charge in [0.1, 0.15) is 11.5 Å². The minimum atomic E-state index is 0.803. The number of nitrogens with zero attached hydrogens (tertiary/aromatic N) is 2. The van der Waals surface area contributed by atoms with E-state index in [4.69, 9.17) is 4.42 Å². The lowest BCUT2D eigenvalue weighted by molar-refractivity contribution is 0.461. The van der Waals surface area contributed by atoms with E-state index in [1.54, 1.807) is 0 Å². The fourth-order valence-corrected chi connectivity index (χ4v) is 3.08. The number of imidazole rings is 1. The zero-order chi connectivity index (χ0) is 14.7. The van der Waals surface area contributed by atoms with Gasteiger partial charge in [-0.15, -0.1) is 0 Å². The standard InChI is InChI=1S/C17H25N3O/c1-3-8-18-10-14-9-15(21-13(14)2)11-20-12-19-16-6-4-5-7-17(16)20/h9,12,18H,3-8,10-11H2,1-2H3. The lowest BCUT2D eigenvalue weighted by Crippen LogP contribution is -2.13. The molecule has 1 aliphatic carbocycles. The number of rotatable bonds is 6. The molecule has 3 rings (SSSR count). The highest BCUT2D eigenvalue weighted by atomic mass is 16.3. The Morgan fingerprint density at radius 1 is 1.33 bits per heavy atom. The van der Waals surface area contributed by atoms with E-state index in [2.05, 4.69) is 34.8 Å². The molecular weight excluding hydrogens is 262 g/mol. The number of hydrogen-bond donors (Lipinski definition) is 1. The van der Waals surface area contributed by atoms with Crippen molar-refractivity contribution in [3.63, 3.8) is 0 Å². The quantitative estimate of drug-likeness (QED) is 0.830. The van der Waals surface area contributed by atoms with Crippen molar-refractivity contribution in [1.82, 2.24) is 14.9 Å². The molecule has 2 heterocycles. The number of hydrogen-bond acceptors (Lipinski definition) is 3. The van der Waals surface area contributed by atoms with Crippen LogP contribution in [0.3, 0.4) is 0 Å². The fraction of sp³-hybridized carbons (Fsp3) is 0.588. The van der Waals surface area contributed by atoms with E-state index in [-0.39, 0.29) is 0 Å². The van der Waals surface area contributed by atoms with E-state index in [9.17, 15) is 0 Å². The molecule has 4 nitrogen and oxygen atoms in total. The van der Waals surface area contributed by atoms with Crippen LogP contribution in [0.25, 0.3) is 0 Å². The Balaban J connectivity index is 1.70. The summed E-state index contributed by atoms with van der Waals surface area (Å²) >= 11 is 0. The van der Waals surface area contributed by atoms with Gasteiger partial charge in [0.2, 0.25) is 0 Å². The number of nitrogens with one attached hydrogen (secondary N) is 1. The van der Waals surface area contributed by atoms with Gasteiger partial charge in [-0.2, -0.15) is 0 Å². The molecule has 0 saturated carbocycles. The summed E-state index contributed by atoms with van der Waals surface area (Å²) < 4.78 is 8.18. The van der Waals surface area contributed by atoms with Gasteiger partial charge >= 0.3 is 0 Å². The second-order valence-electron chi connectivity index (χ2n) is 5.94. The Bertz CT molecular complexity index is 597. The van der Waals surface area contributed by atoms with E-state index in [1.165, 1.54) is 29.8 Å². The maximum absolute atomic E-state index is 5.92. The van der Waals surface area contributed by atoms with Crippen molar-refractivity contribution < 1.29 is 4.42 Å². The van der Waals surface area contributed by atoms with Crippen molar-refractivity contribution in [1.29, 1.82) is 0 Å². The molecule has 114 valence electrons. The van der Waals surface area contributed by atoms with Crippen LogP contribution in [0.15, 0.2) is 16.8 Å². The summed E-state index contributed by atoms with van der Waals surface area (Å²) in [5.41, 5.74) is 3.96. The zero-order valence-electron chi connectivity index (χ0n) is 13.1. The summed E-state index contributed by atoms with van der Waals surface area (Å²) in [7, 11) is 0. The second-order valence-corrected chi connectivity index (χ2v) is 5.94. The van der Waals surface area contributed by atoms with Gasteiger partial charge in [-0.3, -0.25) is 0 Å². The van der Waals surface area contributed by atoms with Crippen LogP contribution in [-0.2, 0) is 25.9 Å². The Labute approximate surface area is 126 Å². The molecule has 2 aromatic rings. The van der Waals surface area contributed by atoms with Crippen LogP contribution in [0.5, 0.6) is 0 Å². The van der Waals surface area contributed by atoms with Crippen LogP contribution in [0, 0.1) is 6.92 Å². The monoisotopic (exact) mass is 287 g/mol. The highest BCUT2D eigenvalue weighted by Crippen LogP contribution is 2.22. The van der Waals surface area contributed by atoms with E-state index >= 15 is 0 Å². The van der Waals surface area contributed by atoms with Gasteiger partial charge in [-0.25, -0.2) is 4.98 Å². The van der Waals surface area contributed by atoms with Crippen molar-refractivity contribution in [2.45, 2.75) is 59.0 Å². The zero-order valence-corrected chi connectivity index (χ0v) is 13.1. The average molecular weight is 287 g/mol. The molecule has 0 fully saturated rings. The predicted octanol–water partition coefficient (Wildman–Crippen LogP) is 3.21. The Kier molecular flexibility index (Phi) is 4.44. The first-order chi connectivity index (χ1) is 10.3. The van der Waals surface area contributed by atoms with Crippen molar-refractivity contribution >= 4 is 0 Å². The van der Waals surface area contributed by atoms with E-state index < -0.39 is 0 Å². The van der Waals surface area contributed by atoms with Crippen LogP contribution < -0.4 is 5.32 Å². The number of aryl methyl sites for hydroxylation is 2. The molecule has 0 aliphatic heterocycles. The van der Waals surface area contributed by atoms with Crippen LogP contribution in [0.2, 0.25) is 0 Å². The Morgan fingerprint density at radius 3 is 3.05 bits per heavy atom. The summed E-state index contributed by atoms with van der Waals surface area (Å²) in [6.45, 7) is 6.98. The Hall–Kier alpha value is -1.55.